The summed E-state index contributed by atoms with van der Waals surface area (Å²) in [5.41, 5.74) is 3.42. The summed E-state index contributed by atoms with van der Waals surface area (Å²) in [5.74, 6) is -0.862. The van der Waals surface area contributed by atoms with Gasteiger partial charge in [-0.1, -0.05) is 43.6 Å². The lowest BCUT2D eigenvalue weighted by molar-refractivity contribution is -0.129. The Kier molecular flexibility index (Phi) is 11.1. The molecule has 1 atom stereocenters. The molecule has 2 aromatic carbocycles. The van der Waals surface area contributed by atoms with Crippen molar-refractivity contribution in [3.8, 4) is 0 Å². The van der Waals surface area contributed by atoms with E-state index in [9.17, 15) is 22.4 Å². The van der Waals surface area contributed by atoms with Crippen molar-refractivity contribution in [2.45, 2.75) is 63.4 Å². The number of nitrogens with one attached hydrogen (secondary N) is 4. The topological polar surface area (TPSA) is 116 Å². The highest BCUT2D eigenvalue weighted by Gasteiger charge is 2.23. The fraction of sp³-hybridized carbons (Fsp3) is 0.481. The summed E-state index contributed by atoms with van der Waals surface area (Å²) >= 11 is 5.85. The fourth-order valence-electron chi connectivity index (χ4n) is 4.46. The van der Waals surface area contributed by atoms with E-state index in [1.54, 1.807) is 0 Å². The van der Waals surface area contributed by atoms with Crippen molar-refractivity contribution in [3.05, 3.63) is 63.9 Å². The standard InChI is InChI=1S/C27H36ClFN4O4S/c1-18(2)14-24(33-26(34)15-19-6-5-7-20-17-30-13-10-22(19)20)27(35)31-11-3-4-12-32-38(36,37)25-9-8-21(29)16-23(25)28/h5-9,16,18,24,30,32H,3-4,10-15,17H2,1-2H3,(H,31,35)(H,33,34)/t24-/m0/s1. The third-order valence-electron chi connectivity index (χ3n) is 6.33. The molecule has 208 valence electrons. The Balaban J connectivity index is 1.45. The molecule has 0 aromatic heterocycles. The maximum absolute atomic E-state index is 13.2. The molecule has 1 heterocycles. The average molecular weight is 567 g/mol. The molecule has 0 radical (unpaired) electrons. The van der Waals surface area contributed by atoms with E-state index in [2.05, 4.69) is 26.7 Å². The van der Waals surface area contributed by atoms with E-state index < -0.39 is 21.9 Å². The number of hydrogen-bond acceptors (Lipinski definition) is 5. The van der Waals surface area contributed by atoms with E-state index in [4.69, 9.17) is 11.6 Å². The maximum Gasteiger partial charge on any atom is 0.242 e. The van der Waals surface area contributed by atoms with Gasteiger partial charge >= 0.3 is 0 Å². The van der Waals surface area contributed by atoms with Gasteiger partial charge in [-0.15, -0.1) is 0 Å². The highest BCUT2D eigenvalue weighted by molar-refractivity contribution is 7.89. The van der Waals surface area contributed by atoms with E-state index in [1.165, 1.54) is 11.1 Å². The van der Waals surface area contributed by atoms with Crippen LogP contribution in [0.5, 0.6) is 0 Å². The van der Waals surface area contributed by atoms with E-state index in [0.717, 1.165) is 43.3 Å². The van der Waals surface area contributed by atoms with Gasteiger partial charge in [0, 0.05) is 19.6 Å². The van der Waals surface area contributed by atoms with Crippen molar-refractivity contribution in [3.63, 3.8) is 0 Å². The maximum atomic E-state index is 13.2. The molecule has 38 heavy (non-hydrogen) atoms. The monoisotopic (exact) mass is 566 g/mol. The number of rotatable bonds is 13. The SMILES string of the molecule is CC(C)C[C@H](NC(=O)Cc1cccc2c1CCNC2)C(=O)NCCCCNS(=O)(=O)c1ccc(F)cc1Cl. The van der Waals surface area contributed by atoms with Crippen LogP contribution in [0.25, 0.3) is 0 Å². The highest BCUT2D eigenvalue weighted by atomic mass is 35.5. The van der Waals surface area contributed by atoms with Crippen molar-refractivity contribution >= 4 is 33.4 Å². The second kappa shape index (κ2) is 14.0. The molecule has 3 rings (SSSR count). The van der Waals surface area contributed by atoms with Gasteiger partial charge in [-0.3, -0.25) is 9.59 Å². The third kappa shape index (κ3) is 8.76. The summed E-state index contributed by atoms with van der Waals surface area (Å²) in [6.07, 6.45) is 2.60. The number of benzene rings is 2. The molecule has 0 fully saturated rings. The van der Waals surface area contributed by atoms with Gasteiger partial charge < -0.3 is 16.0 Å². The number of halogens is 2. The summed E-state index contributed by atoms with van der Waals surface area (Å²) < 4.78 is 40.4. The molecule has 0 bridgehead atoms. The number of fused-ring (bicyclic) bond motifs is 1. The lowest BCUT2D eigenvalue weighted by atomic mass is 9.93. The Labute approximate surface area is 229 Å². The van der Waals surface area contributed by atoms with Gasteiger partial charge in [-0.25, -0.2) is 17.5 Å². The van der Waals surface area contributed by atoms with Crippen LogP contribution < -0.4 is 20.7 Å². The van der Waals surface area contributed by atoms with Crippen LogP contribution in [0.3, 0.4) is 0 Å². The molecule has 11 heteroatoms. The number of sulfonamides is 1. The molecule has 0 saturated heterocycles. The van der Waals surface area contributed by atoms with E-state index in [1.807, 2.05) is 26.0 Å². The molecule has 0 saturated carbocycles. The number of carbonyl (C=O) groups is 2. The minimum Gasteiger partial charge on any atom is -0.354 e. The summed E-state index contributed by atoms with van der Waals surface area (Å²) in [7, 11) is -3.87. The quantitative estimate of drug-likeness (QED) is 0.278. The average Bonchev–Trinajstić information content (AvgIpc) is 2.85. The summed E-state index contributed by atoms with van der Waals surface area (Å²) in [5, 5.41) is 8.90. The molecule has 0 spiro atoms. The van der Waals surface area contributed by atoms with Crippen molar-refractivity contribution in [1.82, 2.24) is 20.7 Å². The van der Waals surface area contributed by atoms with Crippen molar-refractivity contribution < 1.29 is 22.4 Å². The number of unbranched alkanes of at least 4 members (excludes halogenated alkanes) is 1. The zero-order valence-corrected chi connectivity index (χ0v) is 23.4. The molecule has 0 aliphatic carbocycles. The van der Waals surface area contributed by atoms with Crippen LogP contribution >= 0.6 is 11.6 Å². The summed E-state index contributed by atoms with van der Waals surface area (Å²) in [6, 6.07) is 8.45. The Morgan fingerprint density at radius 3 is 2.63 bits per heavy atom. The summed E-state index contributed by atoms with van der Waals surface area (Å²) in [4.78, 5) is 25.5. The Morgan fingerprint density at radius 2 is 1.89 bits per heavy atom. The van der Waals surface area contributed by atoms with Crippen LogP contribution in [-0.2, 0) is 39.0 Å². The first kappa shape index (κ1) is 30.0. The zero-order chi connectivity index (χ0) is 27.7. The van der Waals surface area contributed by atoms with Crippen molar-refractivity contribution in [1.29, 1.82) is 0 Å². The van der Waals surface area contributed by atoms with E-state index in [-0.39, 0.29) is 40.6 Å². The number of carbonyl (C=O) groups excluding carboxylic acids is 2. The minimum atomic E-state index is -3.87. The fourth-order valence-corrected chi connectivity index (χ4v) is 6.06. The first-order chi connectivity index (χ1) is 18.1. The van der Waals surface area contributed by atoms with Crippen LogP contribution in [0, 0.1) is 11.7 Å². The molecule has 8 nitrogen and oxygen atoms in total. The van der Waals surface area contributed by atoms with Crippen LogP contribution in [-0.4, -0.2) is 45.9 Å². The molecule has 1 aliphatic heterocycles. The first-order valence-electron chi connectivity index (χ1n) is 12.9. The van der Waals surface area contributed by atoms with Crippen LogP contribution in [0.2, 0.25) is 5.02 Å². The molecule has 1 aliphatic rings. The normalized spacial score (nSPS) is 14.1. The highest BCUT2D eigenvalue weighted by Crippen LogP contribution is 2.22. The number of hydrogen-bond donors (Lipinski definition) is 4. The predicted octanol–water partition coefficient (Wildman–Crippen LogP) is 3.07. The second-order valence-electron chi connectivity index (χ2n) is 9.88. The van der Waals surface area contributed by atoms with E-state index in [0.29, 0.717) is 25.8 Å². The molecule has 4 N–H and O–H groups in total. The zero-order valence-electron chi connectivity index (χ0n) is 21.8. The molecule has 0 unspecified atom stereocenters. The van der Waals surface area contributed by atoms with E-state index >= 15 is 0 Å². The molecular weight excluding hydrogens is 531 g/mol. The predicted molar refractivity (Wildman–Crippen MR) is 146 cm³/mol. The molecule has 2 amide bonds. The second-order valence-corrected chi connectivity index (χ2v) is 12.0. The largest absolute Gasteiger partial charge is 0.354 e. The smallest absolute Gasteiger partial charge is 0.242 e. The van der Waals surface area contributed by atoms with Gasteiger partial charge in [0.1, 0.15) is 16.8 Å². The Morgan fingerprint density at radius 1 is 1.13 bits per heavy atom. The van der Waals surface area contributed by atoms with Gasteiger partial charge in [-0.05, 0) is 73.0 Å². The third-order valence-corrected chi connectivity index (χ3v) is 8.27. The van der Waals surface area contributed by atoms with Crippen LogP contribution in [0.1, 0.15) is 49.8 Å². The Hall–Kier alpha value is -2.53. The Bertz CT molecular complexity index is 1240. The van der Waals surface area contributed by atoms with Gasteiger partial charge in [-0.2, -0.15) is 0 Å². The van der Waals surface area contributed by atoms with Gasteiger partial charge in [0.15, 0.2) is 0 Å². The molecular formula is C27H36ClFN4O4S. The van der Waals surface area contributed by atoms with Crippen molar-refractivity contribution in [2.75, 3.05) is 19.6 Å². The van der Waals surface area contributed by atoms with Gasteiger partial charge in [0.2, 0.25) is 21.8 Å². The van der Waals surface area contributed by atoms with Crippen LogP contribution in [0.15, 0.2) is 41.3 Å². The lowest BCUT2D eigenvalue weighted by Crippen LogP contribution is -2.48. The number of amides is 2. The first-order valence-corrected chi connectivity index (χ1v) is 14.7. The lowest BCUT2D eigenvalue weighted by Gasteiger charge is -2.22. The van der Waals surface area contributed by atoms with Crippen LogP contribution in [0.4, 0.5) is 4.39 Å². The molecule has 2 aromatic rings. The van der Waals surface area contributed by atoms with Crippen molar-refractivity contribution in [2.24, 2.45) is 5.92 Å². The van der Waals surface area contributed by atoms with Gasteiger partial charge in [0.05, 0.1) is 11.4 Å². The summed E-state index contributed by atoms with van der Waals surface area (Å²) in [6.45, 7) is 6.13. The minimum absolute atomic E-state index is 0.134. The van der Waals surface area contributed by atoms with Gasteiger partial charge in [0.25, 0.3) is 0 Å².